The molecule has 0 aromatic heterocycles. The maximum atomic E-state index is 11.9. The van der Waals surface area contributed by atoms with Crippen LogP contribution in [0.4, 0.5) is 13.2 Å². The molecule has 13 heavy (non-hydrogen) atoms. The highest BCUT2D eigenvalue weighted by molar-refractivity contribution is 7.27. The molecule has 0 fully saturated rings. The van der Waals surface area contributed by atoms with Gasteiger partial charge >= 0.3 is 6.18 Å². The Hall–Kier alpha value is 0.0200. The van der Waals surface area contributed by atoms with Crippen molar-refractivity contribution in [2.24, 2.45) is 0 Å². The molecule has 0 aliphatic rings. The van der Waals surface area contributed by atoms with E-state index in [4.69, 9.17) is 0 Å². The second-order valence-corrected chi connectivity index (χ2v) is 2.79. The van der Waals surface area contributed by atoms with Gasteiger partial charge in [-0.15, -0.1) is 34.1 Å². The minimum atomic E-state index is -4.22. The molecule has 0 spiro atoms. The van der Waals surface area contributed by atoms with E-state index in [0.717, 1.165) is 17.4 Å². The van der Waals surface area contributed by atoms with Crippen LogP contribution in [0.3, 0.4) is 0 Å². The summed E-state index contributed by atoms with van der Waals surface area (Å²) in [7, 11) is 2.33. The highest BCUT2D eigenvalue weighted by Gasteiger charge is 2.29. The summed E-state index contributed by atoms with van der Waals surface area (Å²) in [6.07, 6.45) is -4.22. The summed E-state index contributed by atoms with van der Waals surface area (Å²) in [5.74, 6) is 0. The fraction of sp³-hybridized carbons (Fsp3) is 0.143. The van der Waals surface area contributed by atoms with Crippen LogP contribution in [-0.4, -0.2) is 0 Å². The van der Waals surface area contributed by atoms with Crippen LogP contribution < -0.4 is 5.30 Å². The van der Waals surface area contributed by atoms with Gasteiger partial charge in [-0.2, -0.15) is 13.2 Å². The second kappa shape index (κ2) is 5.69. The minimum absolute atomic E-state index is 0. The van der Waals surface area contributed by atoms with E-state index < -0.39 is 11.7 Å². The Morgan fingerprint density at radius 2 is 1.31 bits per heavy atom. The molecule has 0 radical (unpaired) electrons. The number of hydrogen-bond donors (Lipinski definition) is 0. The van der Waals surface area contributed by atoms with Gasteiger partial charge in [0.2, 0.25) is 0 Å². The molecule has 0 N–H and O–H groups in total. The van der Waals surface area contributed by atoms with E-state index in [9.17, 15) is 13.2 Å². The number of hydrogen-bond acceptors (Lipinski definition) is 0. The first-order chi connectivity index (χ1) is 5.00. The van der Waals surface area contributed by atoms with Crippen molar-refractivity contribution < 1.29 is 13.2 Å². The normalized spacial score (nSPS) is 9.85. The van der Waals surface area contributed by atoms with Crippen LogP contribution in [0.5, 0.6) is 0 Å². The van der Waals surface area contributed by atoms with Gasteiger partial charge in [0.05, 0.1) is 5.56 Å². The summed E-state index contributed by atoms with van der Waals surface area (Å²) in [5, 5.41) is 0.748. The largest absolute Gasteiger partial charge is 0.416 e. The van der Waals surface area contributed by atoms with Crippen LogP contribution in [0.25, 0.3) is 0 Å². The van der Waals surface area contributed by atoms with Crippen molar-refractivity contribution in [3.8, 4) is 0 Å². The number of rotatable bonds is 0. The molecule has 6 heteroatoms. The molecule has 0 saturated heterocycles. The number of halogens is 5. The summed E-state index contributed by atoms with van der Waals surface area (Å²) < 4.78 is 35.7. The molecule has 1 atom stereocenters. The Morgan fingerprint density at radius 1 is 0.923 bits per heavy atom. The molecule has 1 unspecified atom stereocenters. The zero-order valence-corrected chi connectivity index (χ0v) is 9.12. The predicted octanol–water partition coefficient (Wildman–Crippen LogP) is 3.05. The van der Waals surface area contributed by atoms with Gasteiger partial charge in [0.1, 0.15) is 0 Å². The smallest absolute Gasteiger partial charge is 0.166 e. The van der Waals surface area contributed by atoms with Crippen molar-refractivity contribution >= 4 is 39.4 Å². The van der Waals surface area contributed by atoms with E-state index >= 15 is 0 Å². The first-order valence-electron chi connectivity index (χ1n) is 2.93. The number of benzene rings is 1. The first-order valence-corrected chi connectivity index (χ1v) is 3.50. The third-order valence-corrected chi connectivity index (χ3v) is 1.62. The lowest BCUT2D eigenvalue weighted by atomic mass is 10.2. The molecule has 0 bridgehead atoms. The molecule has 0 nitrogen and oxygen atoms in total. The summed E-state index contributed by atoms with van der Waals surface area (Å²) in [4.78, 5) is 0. The van der Waals surface area contributed by atoms with Crippen molar-refractivity contribution in [3.05, 3.63) is 29.8 Å². The highest BCUT2D eigenvalue weighted by atomic mass is 35.5. The van der Waals surface area contributed by atoms with E-state index in [-0.39, 0.29) is 24.8 Å². The highest BCUT2D eigenvalue weighted by Crippen LogP contribution is 2.28. The summed E-state index contributed by atoms with van der Waals surface area (Å²) in [5.41, 5.74) is -0.608. The van der Waals surface area contributed by atoms with E-state index in [1.807, 2.05) is 0 Å². The quantitative estimate of drug-likeness (QED) is 0.621. The molecule has 1 aromatic rings. The van der Waals surface area contributed by atoms with Crippen molar-refractivity contribution in [3.63, 3.8) is 0 Å². The third-order valence-electron chi connectivity index (χ3n) is 1.24. The molecule has 0 heterocycles. The summed E-state index contributed by atoms with van der Waals surface area (Å²) >= 11 is 0. The topological polar surface area (TPSA) is 0 Å². The zero-order chi connectivity index (χ0) is 8.48. The Labute approximate surface area is 88.9 Å². The van der Waals surface area contributed by atoms with Gasteiger partial charge < -0.3 is 0 Å². The Balaban J connectivity index is 0. The van der Waals surface area contributed by atoms with Crippen molar-refractivity contribution in [2.75, 3.05) is 0 Å². The maximum Gasteiger partial charge on any atom is 0.416 e. The summed E-state index contributed by atoms with van der Waals surface area (Å²) in [6, 6.07) is 4.94. The fourth-order valence-corrected chi connectivity index (χ4v) is 0.865. The van der Waals surface area contributed by atoms with Crippen molar-refractivity contribution in [2.45, 2.75) is 6.18 Å². The van der Waals surface area contributed by atoms with Crippen LogP contribution >= 0.6 is 34.1 Å². The molecule has 0 saturated carbocycles. The van der Waals surface area contributed by atoms with E-state index in [1.54, 1.807) is 0 Å². The molecular weight excluding hydrogens is 243 g/mol. The molecule has 0 aliphatic carbocycles. The second-order valence-electron chi connectivity index (χ2n) is 2.12. The lowest BCUT2D eigenvalue weighted by molar-refractivity contribution is -0.137. The number of alkyl halides is 3. The van der Waals surface area contributed by atoms with Crippen LogP contribution in [-0.2, 0) is 6.18 Å². The summed E-state index contributed by atoms with van der Waals surface area (Å²) in [6.45, 7) is 0. The van der Waals surface area contributed by atoms with Crippen molar-refractivity contribution in [1.29, 1.82) is 0 Å². The standard InChI is InChI=1S/C7H6F3P.2ClH/c8-7(9,10)5-1-3-6(11)4-2-5;;/h1-4H,11H2;2*1H. The molecule has 1 rings (SSSR count). The van der Waals surface area contributed by atoms with Crippen LogP contribution in [0.1, 0.15) is 5.56 Å². The predicted molar refractivity (Wildman–Crippen MR) is 55.3 cm³/mol. The van der Waals surface area contributed by atoms with Gasteiger partial charge in [-0.05, 0) is 17.4 Å². The average Bonchev–Trinajstić information content (AvgIpc) is 1.86. The van der Waals surface area contributed by atoms with Crippen LogP contribution in [0.15, 0.2) is 24.3 Å². The fourth-order valence-electron chi connectivity index (χ4n) is 0.672. The Bertz CT molecular complexity index is 245. The molecular formula is C7H8Cl2F3P. The average molecular weight is 251 g/mol. The maximum absolute atomic E-state index is 11.9. The third kappa shape index (κ3) is 4.70. The molecule has 0 aliphatic heterocycles. The van der Waals surface area contributed by atoms with E-state index in [0.29, 0.717) is 0 Å². The van der Waals surface area contributed by atoms with Crippen LogP contribution in [0.2, 0.25) is 0 Å². The van der Waals surface area contributed by atoms with Crippen LogP contribution in [0, 0.1) is 0 Å². The lowest BCUT2D eigenvalue weighted by Crippen LogP contribution is -2.05. The molecule has 1 aromatic carbocycles. The minimum Gasteiger partial charge on any atom is -0.166 e. The van der Waals surface area contributed by atoms with Gasteiger partial charge in [-0.25, -0.2) is 0 Å². The van der Waals surface area contributed by atoms with Gasteiger partial charge in [-0.1, -0.05) is 12.1 Å². The Morgan fingerprint density at radius 3 is 1.62 bits per heavy atom. The lowest BCUT2D eigenvalue weighted by Gasteiger charge is -2.05. The first kappa shape index (κ1) is 15.5. The van der Waals surface area contributed by atoms with Gasteiger partial charge in [0.15, 0.2) is 0 Å². The van der Waals surface area contributed by atoms with Crippen molar-refractivity contribution in [1.82, 2.24) is 0 Å². The SMILES string of the molecule is Cl.Cl.FC(F)(F)c1ccc(P)cc1. The molecule has 76 valence electrons. The Kier molecular flexibility index (Phi) is 6.78. The van der Waals surface area contributed by atoms with Gasteiger partial charge in [0, 0.05) is 0 Å². The van der Waals surface area contributed by atoms with Gasteiger partial charge in [0.25, 0.3) is 0 Å². The monoisotopic (exact) mass is 250 g/mol. The molecule has 0 amide bonds. The van der Waals surface area contributed by atoms with Gasteiger partial charge in [-0.3, -0.25) is 0 Å². The van der Waals surface area contributed by atoms with E-state index in [2.05, 4.69) is 9.24 Å². The zero-order valence-electron chi connectivity index (χ0n) is 6.34. The van der Waals surface area contributed by atoms with E-state index in [1.165, 1.54) is 12.1 Å².